The van der Waals surface area contributed by atoms with Crippen molar-refractivity contribution < 1.29 is 13.2 Å². The summed E-state index contributed by atoms with van der Waals surface area (Å²) in [7, 11) is -3.67. The smallest absolute Gasteiger partial charge is 0.251 e. The third-order valence-corrected chi connectivity index (χ3v) is 4.83. The van der Waals surface area contributed by atoms with Crippen LogP contribution in [0.15, 0.2) is 53.6 Å². The highest BCUT2D eigenvalue weighted by molar-refractivity contribution is 7.89. The van der Waals surface area contributed by atoms with Gasteiger partial charge in [-0.15, -0.1) is 0 Å². The highest BCUT2D eigenvalue weighted by atomic mass is 32.2. The van der Waals surface area contributed by atoms with Crippen LogP contribution in [-0.2, 0) is 16.4 Å². The van der Waals surface area contributed by atoms with Gasteiger partial charge in [0.25, 0.3) is 5.91 Å². The van der Waals surface area contributed by atoms with E-state index in [-0.39, 0.29) is 23.8 Å². The molecule has 0 unspecified atom stereocenters. The first kappa shape index (κ1) is 18.6. The Morgan fingerprint density at radius 3 is 2.52 bits per heavy atom. The Bertz CT molecular complexity index is 844. The number of nitrogens with zero attached hydrogens (tertiary/aromatic N) is 2. The standard InChI is InChI=1S/C17H18N4O3S/c18-10-3-12-21-25(23,24)16-7-5-14(6-8-16)17(22)20-13-9-15-4-1-2-11-19-15/h1-2,4-8,11,21H,3,9,12-13H2,(H,20,22). The second-order valence-electron chi connectivity index (χ2n) is 5.16. The van der Waals surface area contributed by atoms with Crippen molar-refractivity contribution in [1.82, 2.24) is 15.0 Å². The summed E-state index contributed by atoms with van der Waals surface area (Å²) >= 11 is 0. The molecule has 0 atom stereocenters. The molecular weight excluding hydrogens is 340 g/mol. The number of carbonyl (C=O) groups excluding carboxylic acids is 1. The molecule has 1 aromatic carbocycles. The molecule has 0 aliphatic heterocycles. The molecule has 2 N–H and O–H groups in total. The van der Waals surface area contributed by atoms with Crippen LogP contribution < -0.4 is 10.0 Å². The van der Waals surface area contributed by atoms with Crippen LogP contribution >= 0.6 is 0 Å². The number of hydrogen-bond donors (Lipinski definition) is 2. The van der Waals surface area contributed by atoms with E-state index in [1.54, 1.807) is 6.20 Å². The van der Waals surface area contributed by atoms with Crippen LogP contribution in [-0.4, -0.2) is 32.4 Å². The summed E-state index contributed by atoms with van der Waals surface area (Å²) in [4.78, 5) is 16.3. The molecule has 1 aromatic heterocycles. The highest BCUT2D eigenvalue weighted by Gasteiger charge is 2.14. The van der Waals surface area contributed by atoms with E-state index in [0.717, 1.165) is 5.69 Å². The monoisotopic (exact) mass is 358 g/mol. The molecule has 25 heavy (non-hydrogen) atoms. The van der Waals surface area contributed by atoms with Crippen LogP contribution in [0.25, 0.3) is 0 Å². The normalized spacial score (nSPS) is 10.8. The lowest BCUT2D eigenvalue weighted by Crippen LogP contribution is -2.26. The zero-order chi connectivity index (χ0) is 18.1. The number of benzene rings is 1. The predicted molar refractivity (Wildman–Crippen MR) is 92.1 cm³/mol. The Hall–Kier alpha value is -2.76. The summed E-state index contributed by atoms with van der Waals surface area (Å²) in [6, 6.07) is 13.1. The van der Waals surface area contributed by atoms with Crippen LogP contribution in [0.1, 0.15) is 22.5 Å². The Kier molecular flexibility index (Phi) is 6.62. The van der Waals surface area contributed by atoms with Gasteiger partial charge in [0.1, 0.15) is 0 Å². The van der Waals surface area contributed by atoms with E-state index in [1.165, 1.54) is 24.3 Å². The molecule has 0 spiro atoms. The molecule has 1 amide bonds. The van der Waals surface area contributed by atoms with Crippen LogP contribution in [0.4, 0.5) is 0 Å². The minimum atomic E-state index is -3.67. The first-order valence-electron chi connectivity index (χ1n) is 7.68. The lowest BCUT2D eigenvalue weighted by molar-refractivity contribution is 0.0954. The van der Waals surface area contributed by atoms with Gasteiger partial charge in [-0.3, -0.25) is 9.78 Å². The van der Waals surface area contributed by atoms with E-state index < -0.39 is 10.0 Å². The van der Waals surface area contributed by atoms with Gasteiger partial charge in [0, 0.05) is 43.4 Å². The molecule has 0 radical (unpaired) electrons. The van der Waals surface area contributed by atoms with E-state index in [2.05, 4.69) is 15.0 Å². The van der Waals surface area contributed by atoms with Gasteiger partial charge in [0.15, 0.2) is 0 Å². The Morgan fingerprint density at radius 2 is 1.88 bits per heavy atom. The third kappa shape index (κ3) is 5.67. The number of carbonyl (C=O) groups is 1. The molecule has 0 fully saturated rings. The number of aromatic nitrogens is 1. The summed E-state index contributed by atoms with van der Waals surface area (Å²) in [5.41, 5.74) is 1.25. The van der Waals surface area contributed by atoms with E-state index in [4.69, 9.17) is 5.26 Å². The maximum absolute atomic E-state index is 12.1. The van der Waals surface area contributed by atoms with Gasteiger partial charge in [-0.05, 0) is 36.4 Å². The van der Waals surface area contributed by atoms with Gasteiger partial charge in [0.2, 0.25) is 10.0 Å². The molecule has 1 heterocycles. The van der Waals surface area contributed by atoms with Crippen molar-refractivity contribution in [1.29, 1.82) is 5.26 Å². The summed E-state index contributed by atoms with van der Waals surface area (Å²) < 4.78 is 26.3. The van der Waals surface area contributed by atoms with Gasteiger partial charge in [0.05, 0.1) is 11.0 Å². The summed E-state index contributed by atoms with van der Waals surface area (Å²) in [5, 5.41) is 11.2. The second kappa shape index (κ2) is 8.92. The summed E-state index contributed by atoms with van der Waals surface area (Å²) in [6.07, 6.45) is 2.40. The minimum Gasteiger partial charge on any atom is -0.352 e. The molecule has 0 saturated heterocycles. The summed E-state index contributed by atoms with van der Waals surface area (Å²) in [6.45, 7) is 0.486. The Balaban J connectivity index is 1.90. The molecule has 0 bridgehead atoms. The molecular formula is C17H18N4O3S. The van der Waals surface area contributed by atoms with Gasteiger partial charge >= 0.3 is 0 Å². The average molecular weight is 358 g/mol. The fourth-order valence-corrected chi connectivity index (χ4v) is 3.09. The fourth-order valence-electron chi connectivity index (χ4n) is 2.06. The van der Waals surface area contributed by atoms with Crippen molar-refractivity contribution in [3.05, 3.63) is 59.9 Å². The van der Waals surface area contributed by atoms with Crippen molar-refractivity contribution in [2.75, 3.05) is 13.1 Å². The molecule has 2 rings (SSSR count). The van der Waals surface area contributed by atoms with Crippen LogP contribution in [0.3, 0.4) is 0 Å². The minimum absolute atomic E-state index is 0.0502. The quantitative estimate of drug-likeness (QED) is 0.690. The highest BCUT2D eigenvalue weighted by Crippen LogP contribution is 2.10. The predicted octanol–water partition coefficient (Wildman–Crippen LogP) is 1.25. The fraction of sp³-hybridized carbons (Fsp3) is 0.235. The molecule has 8 heteroatoms. The van der Waals surface area contributed by atoms with Gasteiger partial charge in [-0.25, -0.2) is 13.1 Å². The maximum Gasteiger partial charge on any atom is 0.251 e. The largest absolute Gasteiger partial charge is 0.352 e. The van der Waals surface area contributed by atoms with Gasteiger partial charge in [-0.1, -0.05) is 6.07 Å². The van der Waals surface area contributed by atoms with Crippen molar-refractivity contribution in [3.63, 3.8) is 0 Å². The van der Waals surface area contributed by atoms with Gasteiger partial charge in [-0.2, -0.15) is 5.26 Å². The van der Waals surface area contributed by atoms with Gasteiger partial charge < -0.3 is 5.32 Å². The topological polar surface area (TPSA) is 112 Å². The molecule has 2 aromatic rings. The first-order chi connectivity index (χ1) is 12.0. The number of nitrogens with one attached hydrogen (secondary N) is 2. The number of sulfonamides is 1. The Labute approximate surface area is 146 Å². The van der Waals surface area contributed by atoms with Crippen molar-refractivity contribution >= 4 is 15.9 Å². The SMILES string of the molecule is N#CCCNS(=O)(=O)c1ccc(C(=O)NCCc2ccccn2)cc1. The number of rotatable bonds is 8. The lowest BCUT2D eigenvalue weighted by Gasteiger charge is -2.07. The average Bonchev–Trinajstić information content (AvgIpc) is 2.63. The third-order valence-electron chi connectivity index (χ3n) is 3.35. The first-order valence-corrected chi connectivity index (χ1v) is 9.16. The maximum atomic E-state index is 12.1. The molecule has 7 nitrogen and oxygen atoms in total. The molecule has 0 aliphatic rings. The van der Waals surface area contributed by atoms with Crippen LogP contribution in [0.2, 0.25) is 0 Å². The molecule has 0 aliphatic carbocycles. The lowest BCUT2D eigenvalue weighted by atomic mass is 10.2. The zero-order valence-corrected chi connectivity index (χ0v) is 14.3. The Morgan fingerprint density at radius 1 is 1.12 bits per heavy atom. The van der Waals surface area contributed by atoms with Crippen molar-refractivity contribution in [3.8, 4) is 6.07 Å². The van der Waals surface area contributed by atoms with E-state index in [1.807, 2.05) is 24.3 Å². The van der Waals surface area contributed by atoms with Crippen molar-refractivity contribution in [2.45, 2.75) is 17.7 Å². The molecule has 0 saturated carbocycles. The number of nitriles is 1. The van der Waals surface area contributed by atoms with E-state index >= 15 is 0 Å². The van der Waals surface area contributed by atoms with Crippen molar-refractivity contribution in [2.24, 2.45) is 0 Å². The number of pyridine rings is 1. The van der Waals surface area contributed by atoms with Crippen LogP contribution in [0.5, 0.6) is 0 Å². The zero-order valence-electron chi connectivity index (χ0n) is 13.5. The van der Waals surface area contributed by atoms with Crippen LogP contribution in [0, 0.1) is 11.3 Å². The summed E-state index contributed by atoms with van der Waals surface area (Å²) in [5.74, 6) is -0.280. The van der Waals surface area contributed by atoms with E-state index in [9.17, 15) is 13.2 Å². The second-order valence-corrected chi connectivity index (χ2v) is 6.92. The number of amides is 1. The number of hydrogen-bond acceptors (Lipinski definition) is 5. The molecule has 130 valence electrons. The van der Waals surface area contributed by atoms with E-state index in [0.29, 0.717) is 18.5 Å².